The van der Waals surface area contributed by atoms with Gasteiger partial charge in [0.25, 0.3) is 0 Å². The van der Waals surface area contributed by atoms with Crippen LogP contribution < -0.4 is 10.4 Å². The highest BCUT2D eigenvalue weighted by Crippen LogP contribution is 2.40. The van der Waals surface area contributed by atoms with Crippen molar-refractivity contribution in [2.24, 2.45) is 0 Å². The second-order valence-corrected chi connectivity index (χ2v) is 7.73. The van der Waals surface area contributed by atoms with E-state index < -0.39 is 5.63 Å². The summed E-state index contributed by atoms with van der Waals surface area (Å²) in [6.45, 7) is 6.45. The van der Waals surface area contributed by atoms with Crippen LogP contribution in [0.2, 0.25) is 0 Å². The Morgan fingerprint density at radius 2 is 1.65 bits per heavy atom. The molecule has 0 amide bonds. The monoisotopic (exact) mass is 348 g/mol. The van der Waals surface area contributed by atoms with Crippen LogP contribution in [0.4, 0.5) is 0 Å². The van der Waals surface area contributed by atoms with Crippen LogP contribution in [0.25, 0.3) is 11.0 Å². The molecular formula is C22H20O4. The highest BCUT2D eigenvalue weighted by Gasteiger charge is 2.33. The van der Waals surface area contributed by atoms with E-state index in [4.69, 9.17) is 9.15 Å². The van der Waals surface area contributed by atoms with Gasteiger partial charge in [0, 0.05) is 5.92 Å². The maximum atomic E-state index is 12.6. The molecule has 4 heteroatoms. The molecule has 0 aliphatic carbocycles. The van der Waals surface area contributed by atoms with E-state index in [0.29, 0.717) is 22.3 Å². The summed E-state index contributed by atoms with van der Waals surface area (Å²) in [4.78, 5) is 24.9. The largest absolute Gasteiger partial charge is 0.425 e. The van der Waals surface area contributed by atoms with Crippen molar-refractivity contribution in [3.05, 3.63) is 75.6 Å². The fourth-order valence-electron chi connectivity index (χ4n) is 3.47. The summed E-state index contributed by atoms with van der Waals surface area (Å²) < 4.78 is 10.9. The molecule has 0 radical (unpaired) electrons. The molecule has 0 fully saturated rings. The topological polar surface area (TPSA) is 56.5 Å². The maximum Gasteiger partial charge on any atom is 0.343 e. The van der Waals surface area contributed by atoms with Crippen molar-refractivity contribution in [1.29, 1.82) is 0 Å². The third-order valence-corrected chi connectivity index (χ3v) is 4.91. The number of ether oxygens (including phenoxy) is 1. The lowest BCUT2D eigenvalue weighted by molar-refractivity contribution is -0.135. The van der Waals surface area contributed by atoms with Gasteiger partial charge < -0.3 is 9.15 Å². The predicted octanol–water partition coefficient (Wildman–Crippen LogP) is 4.53. The van der Waals surface area contributed by atoms with Crippen molar-refractivity contribution in [3.63, 3.8) is 0 Å². The van der Waals surface area contributed by atoms with Gasteiger partial charge in [-0.25, -0.2) is 4.79 Å². The van der Waals surface area contributed by atoms with Gasteiger partial charge in [0.05, 0.1) is 17.4 Å². The number of hydrogen-bond donors (Lipinski definition) is 0. The Balaban J connectivity index is 1.89. The molecule has 132 valence electrons. The van der Waals surface area contributed by atoms with Crippen LogP contribution in [0.15, 0.2) is 57.7 Å². The number of hydrogen-bond acceptors (Lipinski definition) is 4. The second kappa shape index (κ2) is 5.84. The van der Waals surface area contributed by atoms with Crippen LogP contribution >= 0.6 is 0 Å². The average molecular weight is 348 g/mol. The number of esters is 1. The van der Waals surface area contributed by atoms with Gasteiger partial charge in [0.2, 0.25) is 0 Å². The zero-order valence-electron chi connectivity index (χ0n) is 15.0. The highest BCUT2D eigenvalue weighted by molar-refractivity contribution is 5.90. The summed E-state index contributed by atoms with van der Waals surface area (Å²) in [7, 11) is 0. The molecule has 4 nitrogen and oxygen atoms in total. The van der Waals surface area contributed by atoms with E-state index >= 15 is 0 Å². The van der Waals surface area contributed by atoms with Crippen molar-refractivity contribution in [3.8, 4) is 5.75 Å². The molecule has 0 N–H and O–H groups in total. The van der Waals surface area contributed by atoms with Gasteiger partial charge in [-0.15, -0.1) is 0 Å². The molecule has 0 bridgehead atoms. The Labute approximate surface area is 151 Å². The van der Waals surface area contributed by atoms with Crippen molar-refractivity contribution in [2.75, 3.05) is 0 Å². The van der Waals surface area contributed by atoms with E-state index in [1.54, 1.807) is 18.2 Å². The number of carbonyl (C=O) groups is 1. The molecule has 0 saturated heterocycles. The van der Waals surface area contributed by atoms with Gasteiger partial charge in [-0.2, -0.15) is 0 Å². The normalized spacial score (nSPS) is 17.0. The maximum absolute atomic E-state index is 12.6. The minimum absolute atomic E-state index is 0.0389. The van der Waals surface area contributed by atoms with Crippen LogP contribution in [0.5, 0.6) is 5.75 Å². The summed E-state index contributed by atoms with van der Waals surface area (Å²) in [6, 6.07) is 15.2. The molecule has 1 aromatic heterocycles. The van der Waals surface area contributed by atoms with Gasteiger partial charge in [0.15, 0.2) is 5.75 Å². The Hall–Kier alpha value is -2.88. The number of fused-ring (bicyclic) bond motifs is 3. The first kappa shape index (κ1) is 16.6. The van der Waals surface area contributed by atoms with Crippen LogP contribution in [-0.2, 0) is 10.2 Å². The van der Waals surface area contributed by atoms with Crippen LogP contribution in [0, 0.1) is 0 Å². The van der Waals surface area contributed by atoms with Gasteiger partial charge in [0.1, 0.15) is 5.58 Å². The quantitative estimate of drug-likeness (QED) is 0.479. The van der Waals surface area contributed by atoms with Crippen molar-refractivity contribution < 1.29 is 13.9 Å². The smallest absolute Gasteiger partial charge is 0.343 e. The Kier molecular flexibility index (Phi) is 3.72. The molecule has 3 aromatic rings. The molecule has 0 spiro atoms. The molecule has 1 aliphatic heterocycles. The summed E-state index contributed by atoms with van der Waals surface area (Å²) in [5.74, 6) is -0.364. The SMILES string of the molecule is CC(C)(C)c1ccc([C@H]2CC(=O)Oc3c2c(=O)oc2ccccc32)cc1. The van der Waals surface area contributed by atoms with Crippen LogP contribution in [0.3, 0.4) is 0 Å². The molecule has 1 aliphatic rings. The Morgan fingerprint density at radius 3 is 2.35 bits per heavy atom. The second-order valence-electron chi connectivity index (χ2n) is 7.73. The lowest BCUT2D eigenvalue weighted by Gasteiger charge is -2.25. The molecule has 4 rings (SSSR count). The first-order valence-electron chi connectivity index (χ1n) is 8.71. The standard InChI is InChI=1S/C22H20O4/c1-22(2,3)14-10-8-13(9-11-14)16-12-18(23)26-20-15-6-4-5-7-17(15)25-21(24)19(16)20/h4-11,16H,12H2,1-3H3/t16-/m1/s1. The number of carbonyl (C=O) groups excluding carboxylic acids is 1. The lowest BCUT2D eigenvalue weighted by atomic mass is 9.83. The Bertz CT molecular complexity index is 1050. The van der Waals surface area contributed by atoms with E-state index in [1.807, 2.05) is 18.2 Å². The van der Waals surface area contributed by atoms with E-state index in [2.05, 4.69) is 32.9 Å². The molecule has 2 heterocycles. The number of rotatable bonds is 1. The van der Waals surface area contributed by atoms with Crippen LogP contribution in [-0.4, -0.2) is 5.97 Å². The molecular weight excluding hydrogens is 328 g/mol. The van der Waals surface area contributed by atoms with Gasteiger partial charge in [-0.3, -0.25) is 4.79 Å². The third kappa shape index (κ3) is 2.71. The zero-order chi connectivity index (χ0) is 18.5. The first-order valence-corrected chi connectivity index (χ1v) is 8.71. The molecule has 1 atom stereocenters. The summed E-state index contributed by atoms with van der Waals surface area (Å²) in [5, 5.41) is 0.645. The van der Waals surface area contributed by atoms with Crippen LogP contribution in [0.1, 0.15) is 49.8 Å². The lowest BCUT2D eigenvalue weighted by Crippen LogP contribution is -2.26. The minimum atomic E-state index is -0.448. The predicted molar refractivity (Wildman–Crippen MR) is 99.7 cm³/mol. The summed E-state index contributed by atoms with van der Waals surface area (Å²) in [6.07, 6.45) is 0.130. The summed E-state index contributed by atoms with van der Waals surface area (Å²) >= 11 is 0. The number of benzene rings is 2. The summed E-state index contributed by atoms with van der Waals surface area (Å²) in [5.41, 5.74) is 2.55. The fraction of sp³-hybridized carbons (Fsp3) is 0.273. The first-order chi connectivity index (χ1) is 12.3. The molecule has 0 saturated carbocycles. The molecule has 2 aromatic carbocycles. The highest BCUT2D eigenvalue weighted by atomic mass is 16.5. The van der Waals surface area contributed by atoms with E-state index in [1.165, 1.54) is 5.56 Å². The average Bonchev–Trinajstić information content (AvgIpc) is 2.60. The number of para-hydroxylation sites is 1. The van der Waals surface area contributed by atoms with Gasteiger partial charge in [-0.1, -0.05) is 57.2 Å². The van der Waals surface area contributed by atoms with E-state index in [0.717, 1.165) is 5.56 Å². The molecule has 0 unspecified atom stereocenters. The van der Waals surface area contributed by atoms with Crippen molar-refractivity contribution >= 4 is 16.9 Å². The fourth-order valence-corrected chi connectivity index (χ4v) is 3.47. The van der Waals surface area contributed by atoms with E-state index in [9.17, 15) is 9.59 Å². The van der Waals surface area contributed by atoms with Crippen molar-refractivity contribution in [1.82, 2.24) is 0 Å². The van der Waals surface area contributed by atoms with Gasteiger partial charge in [-0.05, 0) is 28.7 Å². The molecule has 26 heavy (non-hydrogen) atoms. The van der Waals surface area contributed by atoms with Crippen molar-refractivity contribution in [2.45, 2.75) is 38.5 Å². The minimum Gasteiger partial charge on any atom is -0.425 e. The Morgan fingerprint density at radius 1 is 0.962 bits per heavy atom. The zero-order valence-corrected chi connectivity index (χ0v) is 15.0. The third-order valence-electron chi connectivity index (χ3n) is 4.91. The van der Waals surface area contributed by atoms with Gasteiger partial charge >= 0.3 is 11.6 Å². The van der Waals surface area contributed by atoms with E-state index in [-0.39, 0.29) is 23.7 Å².